The standard InChI is InChI=1S/C29H29N7O3S.C4H4O4/c1-3-20-17-40-26(32-20)23-10-7-12-36(23)27(37)19-14-21(24-31-11-13-38-24)33-22(15-19)25-34-35-28(39-25)29(2,30)16-18-8-5-4-6-9-18;5-3(6)1-2-4(7)8/h4-6,8-9,11,13-15,17,23H,3,7,10,12,16,30H2,1-2H3;1-2H,(H,5,6)(H,7,8)/t23-,29-;/m1./s1. The number of aliphatic carboxylic acids is 2. The van der Waals surface area contributed by atoms with E-state index in [1.54, 1.807) is 23.5 Å². The Bertz CT molecular complexity index is 1890. The topological polar surface area (TPSA) is 212 Å². The van der Waals surface area contributed by atoms with Crippen molar-refractivity contribution >= 4 is 29.2 Å². The van der Waals surface area contributed by atoms with Crippen molar-refractivity contribution in [3.05, 3.63) is 100 Å². The van der Waals surface area contributed by atoms with Crippen LogP contribution in [0.3, 0.4) is 0 Å². The number of likely N-dealkylation sites (tertiary alicyclic amines) is 1. The molecule has 2 atom stereocenters. The van der Waals surface area contributed by atoms with Crippen LogP contribution in [0.4, 0.5) is 0 Å². The van der Waals surface area contributed by atoms with Crippen LogP contribution in [-0.4, -0.2) is 64.7 Å². The molecule has 5 heterocycles. The molecule has 15 heteroatoms. The summed E-state index contributed by atoms with van der Waals surface area (Å²) in [4.78, 5) is 48.6. The zero-order valence-corrected chi connectivity index (χ0v) is 27.0. The normalized spacial score (nSPS) is 15.6. The number of thiazole rings is 1. The van der Waals surface area contributed by atoms with Crippen LogP contribution < -0.4 is 5.73 Å². The number of amides is 1. The predicted molar refractivity (Wildman–Crippen MR) is 174 cm³/mol. The third-order valence-electron chi connectivity index (χ3n) is 7.37. The van der Waals surface area contributed by atoms with Gasteiger partial charge in [-0.15, -0.1) is 21.5 Å². The molecule has 1 aliphatic rings. The van der Waals surface area contributed by atoms with E-state index in [9.17, 15) is 14.4 Å². The molecule has 48 heavy (non-hydrogen) atoms. The maximum atomic E-state index is 13.9. The number of benzene rings is 1. The summed E-state index contributed by atoms with van der Waals surface area (Å²) in [5.41, 5.74) is 8.96. The van der Waals surface area contributed by atoms with E-state index in [1.807, 2.05) is 42.2 Å². The first kappa shape index (κ1) is 33.8. The Hall–Kier alpha value is -5.54. The van der Waals surface area contributed by atoms with Gasteiger partial charge in [0, 0.05) is 29.6 Å². The first-order valence-electron chi connectivity index (χ1n) is 15.0. The number of hydrogen-bond acceptors (Lipinski definition) is 12. The highest BCUT2D eigenvalue weighted by atomic mass is 32.1. The Balaban J connectivity index is 0.000000503. The number of rotatable bonds is 10. The second kappa shape index (κ2) is 14.9. The molecular formula is C33H33N7O7S. The van der Waals surface area contributed by atoms with Crippen LogP contribution >= 0.6 is 11.3 Å². The van der Waals surface area contributed by atoms with E-state index in [2.05, 4.69) is 32.5 Å². The third-order valence-corrected chi connectivity index (χ3v) is 8.36. The second-order valence-electron chi connectivity index (χ2n) is 11.2. The number of carboxylic acid groups (broad SMARTS) is 2. The van der Waals surface area contributed by atoms with Crippen molar-refractivity contribution < 1.29 is 33.4 Å². The first-order chi connectivity index (χ1) is 23.0. The Morgan fingerprint density at radius 2 is 1.77 bits per heavy atom. The molecule has 1 aliphatic heterocycles. The van der Waals surface area contributed by atoms with Gasteiger partial charge in [0.25, 0.3) is 11.8 Å². The zero-order chi connectivity index (χ0) is 34.3. The van der Waals surface area contributed by atoms with Gasteiger partial charge in [0.05, 0.1) is 23.5 Å². The number of pyridine rings is 1. The molecule has 1 amide bonds. The number of hydrogen-bond donors (Lipinski definition) is 3. The van der Waals surface area contributed by atoms with E-state index >= 15 is 0 Å². The number of oxazole rings is 1. The van der Waals surface area contributed by atoms with Gasteiger partial charge >= 0.3 is 11.9 Å². The lowest BCUT2D eigenvalue weighted by Crippen LogP contribution is -2.35. The lowest BCUT2D eigenvalue weighted by atomic mass is 9.94. The molecule has 1 aromatic carbocycles. The van der Waals surface area contributed by atoms with Gasteiger partial charge in [0.2, 0.25) is 11.8 Å². The number of carboxylic acids is 2. The molecule has 14 nitrogen and oxygen atoms in total. The maximum Gasteiger partial charge on any atom is 0.328 e. The summed E-state index contributed by atoms with van der Waals surface area (Å²) in [6.07, 6.45) is 7.26. The third kappa shape index (κ3) is 8.24. The van der Waals surface area contributed by atoms with Gasteiger partial charge in [-0.3, -0.25) is 4.79 Å². The van der Waals surface area contributed by atoms with E-state index in [4.69, 9.17) is 29.8 Å². The highest BCUT2D eigenvalue weighted by Gasteiger charge is 2.34. The number of aromatic nitrogens is 5. The second-order valence-corrected chi connectivity index (χ2v) is 12.0. The lowest BCUT2D eigenvalue weighted by Gasteiger charge is -2.23. The number of nitrogens with zero attached hydrogens (tertiary/aromatic N) is 6. The Morgan fingerprint density at radius 1 is 1.06 bits per heavy atom. The molecule has 4 N–H and O–H groups in total. The van der Waals surface area contributed by atoms with E-state index in [1.165, 1.54) is 12.5 Å². The van der Waals surface area contributed by atoms with Gasteiger partial charge in [-0.25, -0.2) is 24.5 Å². The largest absolute Gasteiger partial charge is 0.478 e. The van der Waals surface area contributed by atoms with Crippen LogP contribution in [0.2, 0.25) is 0 Å². The summed E-state index contributed by atoms with van der Waals surface area (Å²) in [5, 5.41) is 27.1. The summed E-state index contributed by atoms with van der Waals surface area (Å²) in [6.45, 7) is 4.57. The fourth-order valence-corrected chi connectivity index (χ4v) is 6.14. The van der Waals surface area contributed by atoms with Crippen LogP contribution in [0.15, 0.2) is 81.3 Å². The smallest absolute Gasteiger partial charge is 0.328 e. The van der Waals surface area contributed by atoms with Crippen molar-refractivity contribution in [2.45, 2.75) is 51.1 Å². The Morgan fingerprint density at radius 3 is 2.40 bits per heavy atom. The summed E-state index contributed by atoms with van der Waals surface area (Å²) >= 11 is 1.61. The minimum atomic E-state index is -1.26. The molecule has 0 spiro atoms. The van der Waals surface area contributed by atoms with Crippen LogP contribution in [0, 0.1) is 0 Å². The fraction of sp³-hybridized carbons (Fsp3) is 0.273. The molecule has 0 bridgehead atoms. The van der Waals surface area contributed by atoms with Crippen molar-refractivity contribution in [3.8, 4) is 23.2 Å². The average molecular weight is 672 g/mol. The van der Waals surface area contributed by atoms with Gasteiger partial charge in [-0.05, 0) is 50.3 Å². The van der Waals surface area contributed by atoms with Crippen LogP contribution in [-0.2, 0) is 28.0 Å². The predicted octanol–water partition coefficient (Wildman–Crippen LogP) is 4.91. The highest BCUT2D eigenvalue weighted by molar-refractivity contribution is 7.09. The SMILES string of the molecule is CCc1csc([C@H]2CCCN2C(=O)c2cc(-c3ncco3)nc(-c3nnc([C@](C)(N)Cc4ccccc4)o3)c2)n1.O=C(O)C=CC(=O)O. The highest BCUT2D eigenvalue weighted by Crippen LogP contribution is 2.36. The molecule has 1 saturated heterocycles. The minimum absolute atomic E-state index is 0.0643. The molecule has 6 rings (SSSR count). The summed E-state index contributed by atoms with van der Waals surface area (Å²) in [5.74, 6) is -1.92. The van der Waals surface area contributed by atoms with Crippen LogP contribution in [0.25, 0.3) is 23.2 Å². The monoisotopic (exact) mass is 671 g/mol. The van der Waals surface area contributed by atoms with E-state index in [0.29, 0.717) is 42.1 Å². The van der Waals surface area contributed by atoms with E-state index < -0.39 is 17.5 Å². The van der Waals surface area contributed by atoms with Crippen molar-refractivity contribution in [1.82, 2.24) is 30.0 Å². The number of aryl methyl sites for hydroxylation is 1. The Labute approximate surface area is 279 Å². The summed E-state index contributed by atoms with van der Waals surface area (Å²) in [7, 11) is 0. The van der Waals surface area contributed by atoms with Crippen molar-refractivity contribution in [2.75, 3.05) is 6.54 Å². The Kier molecular flexibility index (Phi) is 10.5. The molecule has 4 aromatic heterocycles. The van der Waals surface area contributed by atoms with Crippen molar-refractivity contribution in [2.24, 2.45) is 5.73 Å². The molecule has 0 aliphatic carbocycles. The zero-order valence-electron chi connectivity index (χ0n) is 26.1. The van der Waals surface area contributed by atoms with E-state index in [-0.39, 0.29) is 29.6 Å². The van der Waals surface area contributed by atoms with Gasteiger partial charge in [0.1, 0.15) is 22.7 Å². The van der Waals surface area contributed by atoms with Crippen LogP contribution in [0.5, 0.6) is 0 Å². The summed E-state index contributed by atoms with van der Waals surface area (Å²) in [6, 6.07) is 13.2. The molecular weight excluding hydrogens is 638 g/mol. The maximum absolute atomic E-state index is 13.9. The van der Waals surface area contributed by atoms with Crippen molar-refractivity contribution in [3.63, 3.8) is 0 Å². The molecule has 1 fully saturated rings. The molecule has 0 unspecified atom stereocenters. The van der Waals surface area contributed by atoms with E-state index in [0.717, 1.165) is 35.5 Å². The average Bonchev–Trinajstić information content (AvgIpc) is 3.91. The lowest BCUT2D eigenvalue weighted by molar-refractivity contribution is -0.134. The molecule has 248 valence electrons. The number of nitrogens with two attached hydrogens (primary N) is 1. The van der Waals surface area contributed by atoms with Gasteiger partial charge in [0.15, 0.2) is 0 Å². The van der Waals surface area contributed by atoms with Gasteiger partial charge in [-0.2, -0.15) is 0 Å². The molecule has 0 radical (unpaired) electrons. The molecule has 0 saturated carbocycles. The number of carbonyl (C=O) groups is 3. The molecule has 5 aromatic rings. The van der Waals surface area contributed by atoms with Gasteiger partial charge < -0.3 is 29.7 Å². The minimum Gasteiger partial charge on any atom is -0.478 e. The van der Waals surface area contributed by atoms with Crippen molar-refractivity contribution in [1.29, 1.82) is 0 Å². The summed E-state index contributed by atoms with van der Waals surface area (Å²) < 4.78 is 11.6. The van der Waals surface area contributed by atoms with Crippen LogP contribution in [0.1, 0.15) is 65.2 Å². The fourth-order valence-electron chi connectivity index (χ4n) is 5.09. The first-order valence-corrected chi connectivity index (χ1v) is 15.9. The van der Waals surface area contributed by atoms with Gasteiger partial charge in [-0.1, -0.05) is 37.3 Å². The quantitative estimate of drug-likeness (QED) is 0.169. The number of carbonyl (C=O) groups excluding carboxylic acids is 1.